The first kappa shape index (κ1) is 14.4. The lowest BCUT2D eigenvalue weighted by Crippen LogP contribution is -1.99. The van der Waals surface area contributed by atoms with Gasteiger partial charge in [-0.3, -0.25) is 4.98 Å². The van der Waals surface area contributed by atoms with Crippen LogP contribution in [0.25, 0.3) is 11.3 Å². The van der Waals surface area contributed by atoms with E-state index in [0.717, 1.165) is 16.9 Å². The number of anilines is 2. The van der Waals surface area contributed by atoms with Gasteiger partial charge in [0.15, 0.2) is 0 Å². The van der Waals surface area contributed by atoms with Crippen molar-refractivity contribution in [3.63, 3.8) is 0 Å². The zero-order valence-electron chi connectivity index (χ0n) is 11.4. The van der Waals surface area contributed by atoms with E-state index < -0.39 is 0 Å². The van der Waals surface area contributed by atoms with Crippen molar-refractivity contribution in [3.8, 4) is 11.3 Å². The number of halogens is 1. The number of hydrogen-bond acceptors (Lipinski definition) is 6. The number of aliphatic hydroxyl groups excluding tert-OH is 1. The largest absolute Gasteiger partial charge is 0.390 e. The molecule has 0 bridgehead atoms. The summed E-state index contributed by atoms with van der Waals surface area (Å²) >= 11 is 5.78. The fourth-order valence-corrected chi connectivity index (χ4v) is 1.99. The number of aliphatic hydroxyl groups is 1. The predicted molar refractivity (Wildman–Crippen MR) is 83.7 cm³/mol. The molecule has 0 fully saturated rings. The summed E-state index contributed by atoms with van der Waals surface area (Å²) in [6.45, 7) is -0.118. The third-order valence-electron chi connectivity index (χ3n) is 2.91. The number of hydrogen-bond donors (Lipinski definition) is 2. The highest BCUT2D eigenvalue weighted by Gasteiger charge is 2.04. The molecule has 3 rings (SSSR count). The lowest BCUT2D eigenvalue weighted by Gasteiger charge is -2.07. The zero-order valence-corrected chi connectivity index (χ0v) is 12.2. The topological polar surface area (TPSA) is 83.8 Å². The van der Waals surface area contributed by atoms with Gasteiger partial charge >= 0.3 is 0 Å². The first-order chi connectivity index (χ1) is 10.7. The molecule has 0 aliphatic rings. The van der Waals surface area contributed by atoms with Crippen LogP contribution >= 0.6 is 11.6 Å². The molecule has 2 N–H and O–H groups in total. The third-order valence-corrected chi connectivity index (χ3v) is 3.14. The summed E-state index contributed by atoms with van der Waals surface area (Å²) in [6, 6.07) is 8.86. The molecule has 0 spiro atoms. The molecule has 3 heterocycles. The van der Waals surface area contributed by atoms with Crippen LogP contribution in [-0.2, 0) is 6.61 Å². The van der Waals surface area contributed by atoms with E-state index >= 15 is 0 Å². The third kappa shape index (κ3) is 3.36. The summed E-state index contributed by atoms with van der Waals surface area (Å²) in [5.74, 6) is 0.447. The van der Waals surface area contributed by atoms with Gasteiger partial charge in [-0.25, -0.2) is 15.0 Å². The minimum absolute atomic E-state index is 0.118. The second kappa shape index (κ2) is 6.46. The van der Waals surface area contributed by atoms with Crippen molar-refractivity contribution in [3.05, 3.63) is 59.8 Å². The summed E-state index contributed by atoms with van der Waals surface area (Å²) < 4.78 is 0. The number of rotatable bonds is 4. The minimum Gasteiger partial charge on any atom is -0.390 e. The molecule has 3 aromatic heterocycles. The molecule has 0 aliphatic carbocycles. The van der Waals surface area contributed by atoms with Crippen LogP contribution in [0.4, 0.5) is 11.6 Å². The number of aromatic nitrogens is 4. The molecule has 0 amide bonds. The molecule has 110 valence electrons. The van der Waals surface area contributed by atoms with Crippen LogP contribution < -0.4 is 5.32 Å². The maximum atomic E-state index is 9.10. The smallest absolute Gasteiger partial charge is 0.227 e. The van der Waals surface area contributed by atoms with Crippen molar-refractivity contribution >= 4 is 23.2 Å². The highest BCUT2D eigenvalue weighted by Crippen LogP contribution is 2.20. The van der Waals surface area contributed by atoms with E-state index in [1.165, 1.54) is 0 Å². The van der Waals surface area contributed by atoms with Crippen molar-refractivity contribution in [1.82, 2.24) is 19.9 Å². The molecular formula is C15H12ClN5O. The molecule has 0 aromatic carbocycles. The predicted octanol–water partition coefficient (Wildman–Crippen LogP) is 2.82. The van der Waals surface area contributed by atoms with E-state index in [1.807, 2.05) is 6.07 Å². The maximum absolute atomic E-state index is 9.10. The van der Waals surface area contributed by atoms with Crippen LogP contribution in [0.3, 0.4) is 0 Å². The Morgan fingerprint density at radius 2 is 1.91 bits per heavy atom. The second-order valence-electron chi connectivity index (χ2n) is 4.45. The quantitative estimate of drug-likeness (QED) is 0.721. The Morgan fingerprint density at radius 3 is 2.68 bits per heavy atom. The lowest BCUT2D eigenvalue weighted by atomic mass is 10.2. The van der Waals surface area contributed by atoms with E-state index in [-0.39, 0.29) is 6.61 Å². The van der Waals surface area contributed by atoms with Crippen LogP contribution in [0.2, 0.25) is 5.15 Å². The lowest BCUT2D eigenvalue weighted by molar-refractivity contribution is 0.277. The van der Waals surface area contributed by atoms with Crippen LogP contribution in [0.15, 0.2) is 48.9 Å². The van der Waals surface area contributed by atoms with Crippen molar-refractivity contribution in [2.24, 2.45) is 0 Å². The van der Waals surface area contributed by atoms with E-state index in [9.17, 15) is 0 Å². The molecule has 3 aromatic rings. The molecule has 0 atom stereocenters. The Bertz CT molecular complexity index is 779. The Hall–Kier alpha value is -2.57. The van der Waals surface area contributed by atoms with Crippen molar-refractivity contribution in [1.29, 1.82) is 0 Å². The van der Waals surface area contributed by atoms with Gasteiger partial charge in [-0.2, -0.15) is 0 Å². The van der Waals surface area contributed by atoms with Crippen LogP contribution in [0, 0.1) is 0 Å². The molecule has 7 heteroatoms. The van der Waals surface area contributed by atoms with E-state index in [0.29, 0.717) is 16.8 Å². The summed E-state index contributed by atoms with van der Waals surface area (Å²) in [4.78, 5) is 16.7. The SMILES string of the molecule is OCc1cc(Nc2nccc(-c3ccc(Cl)nc3)n2)ccn1. The summed E-state index contributed by atoms with van der Waals surface area (Å²) in [5.41, 5.74) is 2.91. The van der Waals surface area contributed by atoms with Crippen LogP contribution in [0.5, 0.6) is 0 Å². The molecule has 22 heavy (non-hydrogen) atoms. The Balaban J connectivity index is 1.86. The first-order valence-electron chi connectivity index (χ1n) is 6.52. The molecule has 0 aliphatic heterocycles. The average molecular weight is 314 g/mol. The molecule has 0 radical (unpaired) electrons. The molecular weight excluding hydrogens is 302 g/mol. The average Bonchev–Trinajstić information content (AvgIpc) is 2.56. The summed E-state index contributed by atoms with van der Waals surface area (Å²) in [5, 5.41) is 12.6. The van der Waals surface area contributed by atoms with Crippen LogP contribution in [0.1, 0.15) is 5.69 Å². The molecule has 0 saturated heterocycles. The van der Waals surface area contributed by atoms with Gasteiger partial charge in [-0.15, -0.1) is 0 Å². The van der Waals surface area contributed by atoms with Gasteiger partial charge < -0.3 is 10.4 Å². The molecule has 0 saturated carbocycles. The van der Waals surface area contributed by atoms with E-state index in [1.54, 1.807) is 42.9 Å². The Morgan fingerprint density at radius 1 is 1.05 bits per heavy atom. The number of pyridine rings is 2. The normalized spacial score (nSPS) is 10.5. The first-order valence-corrected chi connectivity index (χ1v) is 6.90. The van der Waals surface area contributed by atoms with Crippen LogP contribution in [-0.4, -0.2) is 25.0 Å². The van der Waals surface area contributed by atoms with E-state index in [2.05, 4.69) is 25.3 Å². The van der Waals surface area contributed by atoms with Gasteiger partial charge in [0.1, 0.15) is 5.15 Å². The van der Waals surface area contributed by atoms with Gasteiger partial charge in [0, 0.05) is 29.8 Å². The fraction of sp³-hybridized carbons (Fsp3) is 0.0667. The van der Waals surface area contributed by atoms with Gasteiger partial charge in [-0.05, 0) is 30.3 Å². The van der Waals surface area contributed by atoms with E-state index in [4.69, 9.17) is 16.7 Å². The highest BCUT2D eigenvalue weighted by molar-refractivity contribution is 6.29. The highest BCUT2D eigenvalue weighted by atomic mass is 35.5. The summed E-state index contributed by atoms with van der Waals surface area (Å²) in [6.07, 6.45) is 4.93. The second-order valence-corrected chi connectivity index (χ2v) is 4.84. The monoisotopic (exact) mass is 313 g/mol. The van der Waals surface area contributed by atoms with Crippen molar-refractivity contribution in [2.75, 3.05) is 5.32 Å². The molecule has 6 nitrogen and oxygen atoms in total. The Kier molecular flexibility index (Phi) is 4.22. The van der Waals surface area contributed by atoms with Gasteiger partial charge in [0.25, 0.3) is 0 Å². The van der Waals surface area contributed by atoms with Gasteiger partial charge in [0.05, 0.1) is 18.0 Å². The van der Waals surface area contributed by atoms with Gasteiger partial charge in [0.2, 0.25) is 5.95 Å². The van der Waals surface area contributed by atoms with Crippen molar-refractivity contribution in [2.45, 2.75) is 6.61 Å². The fourth-order valence-electron chi connectivity index (χ4n) is 1.88. The summed E-state index contributed by atoms with van der Waals surface area (Å²) in [7, 11) is 0. The minimum atomic E-state index is -0.118. The number of nitrogens with zero attached hydrogens (tertiary/aromatic N) is 4. The van der Waals surface area contributed by atoms with Gasteiger partial charge in [-0.1, -0.05) is 11.6 Å². The number of nitrogens with one attached hydrogen (secondary N) is 1. The zero-order chi connectivity index (χ0) is 15.4. The molecule has 0 unspecified atom stereocenters. The standard InChI is InChI=1S/C15H12ClN5O/c16-14-2-1-10(8-19-14)13-4-6-18-15(21-13)20-11-3-5-17-12(7-11)9-22/h1-8,22H,9H2,(H,17,18,20,21). The van der Waals surface area contributed by atoms with Crippen molar-refractivity contribution < 1.29 is 5.11 Å². The Labute approximate surface area is 131 Å². The maximum Gasteiger partial charge on any atom is 0.227 e.